The lowest BCUT2D eigenvalue weighted by molar-refractivity contribution is -0.139. The molecular formula is C47H51NO9S. The quantitative estimate of drug-likeness (QED) is 0.0863. The van der Waals surface area contributed by atoms with Crippen molar-refractivity contribution >= 4 is 16.0 Å². The zero-order chi connectivity index (χ0) is 41.2. The second-order valence-electron chi connectivity index (χ2n) is 14.6. The molecule has 10 nitrogen and oxygen atoms in total. The van der Waals surface area contributed by atoms with Crippen LogP contribution in [0.5, 0.6) is 34.5 Å². The zero-order valence-electron chi connectivity index (χ0n) is 33.4. The molecule has 304 valence electrons. The molecule has 0 amide bonds. The molecule has 11 heteroatoms. The van der Waals surface area contributed by atoms with Crippen molar-refractivity contribution in [3.05, 3.63) is 150 Å². The van der Waals surface area contributed by atoms with Crippen molar-refractivity contribution in [1.29, 1.82) is 0 Å². The summed E-state index contributed by atoms with van der Waals surface area (Å²) in [5.41, 5.74) is 3.08. The minimum absolute atomic E-state index is 0.0602. The highest BCUT2D eigenvalue weighted by atomic mass is 32.2. The first kappa shape index (κ1) is 42.0. The molecular weight excluding hydrogens is 755 g/mol. The molecule has 0 bridgehead atoms. The van der Waals surface area contributed by atoms with Crippen LogP contribution in [0.1, 0.15) is 68.2 Å². The number of rotatable bonds is 18. The van der Waals surface area contributed by atoms with E-state index in [-0.39, 0.29) is 35.1 Å². The maximum absolute atomic E-state index is 14.4. The fraction of sp³-hybridized carbons (Fsp3) is 0.298. The van der Waals surface area contributed by atoms with Crippen LogP contribution in [-0.4, -0.2) is 50.7 Å². The van der Waals surface area contributed by atoms with Gasteiger partial charge in [-0.05, 0) is 97.6 Å². The summed E-state index contributed by atoms with van der Waals surface area (Å²) < 4.78 is 60.9. The minimum Gasteiger partial charge on any atom is -0.495 e. The van der Waals surface area contributed by atoms with Crippen LogP contribution in [0.4, 0.5) is 0 Å². The van der Waals surface area contributed by atoms with Crippen molar-refractivity contribution in [1.82, 2.24) is 4.31 Å². The number of nitrogens with zero attached hydrogens (tertiary/aromatic N) is 1. The van der Waals surface area contributed by atoms with Crippen LogP contribution in [0.15, 0.2) is 138 Å². The number of methoxy groups -OCH3 is 1. The number of unbranched alkanes of at least 4 members (excludes halogenated alkanes) is 1. The average molecular weight is 806 g/mol. The smallest absolute Gasteiger partial charge is 0.341 e. The maximum atomic E-state index is 14.4. The van der Waals surface area contributed by atoms with E-state index in [2.05, 4.69) is 13.5 Å². The molecule has 0 saturated carbocycles. The first-order valence-corrected chi connectivity index (χ1v) is 20.9. The number of hydrogen-bond donors (Lipinski definition) is 1. The molecule has 4 atom stereocenters. The Balaban J connectivity index is 1.32. The first-order valence-electron chi connectivity index (χ1n) is 19.4. The normalized spacial score (nSPS) is 18.0. The highest BCUT2D eigenvalue weighted by Gasteiger charge is 2.41. The number of sulfonamides is 1. The lowest BCUT2D eigenvalue weighted by atomic mass is 9.74. The molecule has 0 aromatic heterocycles. The SMILES string of the molecule is C=C(C)[C@@H]1C[C@@H](c2ccc(OC)c(S(=O)(=O)N(C)Cc3cccc(Oc4ccccc4)c3)c2)[C@@H](CCCC)O[C@H]1c1cc(Oc2ccccc2)ccc1OCC(=O)O. The van der Waals surface area contributed by atoms with Crippen LogP contribution in [-0.2, 0) is 26.1 Å². The monoisotopic (exact) mass is 805 g/mol. The topological polar surface area (TPSA) is 121 Å². The van der Waals surface area contributed by atoms with E-state index in [1.165, 1.54) is 11.4 Å². The van der Waals surface area contributed by atoms with Crippen molar-refractivity contribution in [3.8, 4) is 34.5 Å². The zero-order valence-corrected chi connectivity index (χ0v) is 34.2. The van der Waals surface area contributed by atoms with E-state index >= 15 is 0 Å². The van der Waals surface area contributed by atoms with Crippen LogP contribution in [0.3, 0.4) is 0 Å². The van der Waals surface area contributed by atoms with Gasteiger partial charge in [-0.2, -0.15) is 4.31 Å². The minimum atomic E-state index is -4.05. The number of hydrogen-bond acceptors (Lipinski definition) is 8. The van der Waals surface area contributed by atoms with E-state index in [0.717, 1.165) is 29.5 Å². The Morgan fingerprint density at radius 2 is 1.48 bits per heavy atom. The Bertz CT molecular complexity index is 2280. The average Bonchev–Trinajstić information content (AvgIpc) is 3.22. The van der Waals surface area contributed by atoms with Gasteiger partial charge in [0.05, 0.1) is 19.3 Å². The highest BCUT2D eigenvalue weighted by molar-refractivity contribution is 7.89. The number of carbonyl (C=O) groups is 1. The van der Waals surface area contributed by atoms with E-state index < -0.39 is 28.7 Å². The Morgan fingerprint density at radius 3 is 2.10 bits per heavy atom. The molecule has 1 aliphatic heterocycles. The van der Waals surface area contributed by atoms with Gasteiger partial charge in [0, 0.05) is 31.0 Å². The second-order valence-corrected chi connectivity index (χ2v) is 16.6. The molecule has 1 aliphatic rings. The fourth-order valence-corrected chi connectivity index (χ4v) is 8.72. The molecule has 1 N–H and O–H groups in total. The van der Waals surface area contributed by atoms with E-state index in [9.17, 15) is 18.3 Å². The molecule has 1 saturated heterocycles. The van der Waals surface area contributed by atoms with Gasteiger partial charge >= 0.3 is 5.97 Å². The summed E-state index contributed by atoms with van der Waals surface area (Å²) in [5, 5.41) is 9.50. The molecule has 0 spiro atoms. The van der Waals surface area contributed by atoms with Crippen molar-refractivity contribution in [2.24, 2.45) is 5.92 Å². The molecule has 1 heterocycles. The van der Waals surface area contributed by atoms with Crippen LogP contribution in [0.2, 0.25) is 0 Å². The lowest BCUT2D eigenvalue weighted by Gasteiger charge is -2.43. The highest BCUT2D eigenvalue weighted by Crippen LogP contribution is 2.50. The van der Waals surface area contributed by atoms with Gasteiger partial charge in [0.1, 0.15) is 39.4 Å². The van der Waals surface area contributed by atoms with Gasteiger partial charge in [-0.25, -0.2) is 13.2 Å². The maximum Gasteiger partial charge on any atom is 0.341 e. The number of benzene rings is 5. The molecule has 0 radical (unpaired) electrons. The van der Waals surface area contributed by atoms with E-state index in [1.807, 2.05) is 104 Å². The van der Waals surface area contributed by atoms with Crippen molar-refractivity contribution in [2.75, 3.05) is 20.8 Å². The van der Waals surface area contributed by atoms with Crippen molar-refractivity contribution in [2.45, 2.75) is 69.1 Å². The number of ether oxygens (including phenoxy) is 5. The summed E-state index contributed by atoms with van der Waals surface area (Å²) >= 11 is 0. The predicted molar refractivity (Wildman–Crippen MR) is 223 cm³/mol. The largest absolute Gasteiger partial charge is 0.495 e. The van der Waals surface area contributed by atoms with Gasteiger partial charge in [-0.1, -0.05) is 86.5 Å². The Kier molecular flexibility index (Phi) is 13.9. The standard InChI is InChI=1S/C47H51NO9S/c1-6-7-21-43-40(29-39(32(2)3)47(57-43)41-28-38(56-36-18-12-9-13-19-36)23-25-42(41)54-31-46(49)50)34-22-24-44(53-5)45(27-34)58(51,52)48(4)30-33-15-14-20-37(26-33)55-35-16-10-8-11-17-35/h8-20,22-28,39-40,43,47H,2,6-7,21,29-31H2,1,3-5H3,(H,49,50)/t39-,40-,43+,47+/m0/s1. The van der Waals surface area contributed by atoms with Gasteiger partial charge in [-0.15, -0.1) is 0 Å². The number of carboxylic acids is 1. The molecule has 5 aromatic rings. The van der Waals surface area contributed by atoms with Gasteiger partial charge in [-0.3, -0.25) is 0 Å². The lowest BCUT2D eigenvalue weighted by Crippen LogP contribution is -2.36. The molecule has 58 heavy (non-hydrogen) atoms. The summed E-state index contributed by atoms with van der Waals surface area (Å²) in [7, 11) is -1.03. The van der Waals surface area contributed by atoms with Gasteiger partial charge in [0.15, 0.2) is 6.61 Å². The van der Waals surface area contributed by atoms with Gasteiger partial charge in [0.25, 0.3) is 0 Å². The van der Waals surface area contributed by atoms with E-state index in [1.54, 1.807) is 31.3 Å². The number of aliphatic carboxylic acids is 1. The van der Waals surface area contributed by atoms with Crippen LogP contribution >= 0.6 is 0 Å². The number of para-hydroxylation sites is 2. The van der Waals surface area contributed by atoms with Crippen LogP contribution < -0.4 is 18.9 Å². The molecule has 1 fully saturated rings. The van der Waals surface area contributed by atoms with E-state index in [4.69, 9.17) is 23.7 Å². The summed E-state index contributed by atoms with van der Waals surface area (Å²) in [6.45, 7) is 8.01. The van der Waals surface area contributed by atoms with Crippen LogP contribution in [0, 0.1) is 5.92 Å². The Hall–Kier alpha value is -5.62. The summed E-state index contributed by atoms with van der Waals surface area (Å²) in [5.74, 6) is 1.56. The Labute approximate surface area is 341 Å². The molecule has 6 rings (SSSR count). The fourth-order valence-electron chi connectivity index (χ4n) is 7.38. The summed E-state index contributed by atoms with van der Waals surface area (Å²) in [6.07, 6.45) is 2.24. The third-order valence-corrected chi connectivity index (χ3v) is 12.1. The number of carboxylic acid groups (broad SMARTS) is 1. The van der Waals surface area contributed by atoms with E-state index in [0.29, 0.717) is 47.2 Å². The molecule has 5 aromatic carbocycles. The third-order valence-electron chi connectivity index (χ3n) is 10.3. The predicted octanol–water partition coefficient (Wildman–Crippen LogP) is 10.6. The van der Waals surface area contributed by atoms with Crippen molar-refractivity contribution in [3.63, 3.8) is 0 Å². The summed E-state index contributed by atoms with van der Waals surface area (Å²) in [6, 6.07) is 36.8. The van der Waals surface area contributed by atoms with Gasteiger partial charge < -0.3 is 28.8 Å². The molecule has 0 aliphatic carbocycles. The van der Waals surface area contributed by atoms with Gasteiger partial charge in [0.2, 0.25) is 10.0 Å². The first-order chi connectivity index (χ1) is 28.0. The molecule has 0 unspecified atom stereocenters. The van der Waals surface area contributed by atoms with Crippen molar-refractivity contribution < 1.29 is 42.0 Å². The summed E-state index contributed by atoms with van der Waals surface area (Å²) in [4.78, 5) is 11.7. The Morgan fingerprint density at radius 1 is 0.845 bits per heavy atom. The third kappa shape index (κ3) is 10.3. The second kappa shape index (κ2) is 19.2. The van der Waals surface area contributed by atoms with Crippen LogP contribution in [0.25, 0.3) is 0 Å².